The van der Waals surface area contributed by atoms with E-state index in [0.29, 0.717) is 37.1 Å². The van der Waals surface area contributed by atoms with Crippen LogP contribution in [0.5, 0.6) is 0 Å². The van der Waals surface area contributed by atoms with Crippen LogP contribution in [0.1, 0.15) is 72.1 Å². The Balaban J connectivity index is 1.57. The Kier molecular flexibility index (Phi) is 4.80. The molecule has 28 heavy (non-hydrogen) atoms. The summed E-state index contributed by atoms with van der Waals surface area (Å²) in [5.41, 5.74) is 1.55. The molecule has 0 aromatic rings. The summed E-state index contributed by atoms with van der Waals surface area (Å²) in [7, 11) is 0. The number of esters is 1. The van der Waals surface area contributed by atoms with Crippen LogP contribution in [0.2, 0.25) is 0 Å². The first kappa shape index (κ1) is 19.5. The molecule has 4 rings (SSSR count). The van der Waals surface area contributed by atoms with Gasteiger partial charge in [0.25, 0.3) is 0 Å². The van der Waals surface area contributed by atoms with Gasteiger partial charge in [-0.15, -0.1) is 0 Å². The summed E-state index contributed by atoms with van der Waals surface area (Å²) in [6.07, 6.45) is 9.56. The lowest BCUT2D eigenvalue weighted by Gasteiger charge is -2.58. The van der Waals surface area contributed by atoms with E-state index in [1.807, 2.05) is 4.90 Å². The minimum atomic E-state index is -0.182. The van der Waals surface area contributed by atoms with E-state index in [4.69, 9.17) is 10.00 Å². The van der Waals surface area contributed by atoms with Crippen LogP contribution in [0.15, 0.2) is 11.6 Å². The average Bonchev–Trinajstić information content (AvgIpc) is 2.90. The molecule has 6 atom stereocenters. The standard InChI is InChI=1S/C23H32N2O3/c1-15(26)28-17-7-9-22(2)16(13-17)5-6-18-19(22)8-10-23(3)20(18)14-21(27)25(23)12-4-11-24/h5,17-20H,4,6-10,12-14H2,1-3H3/t17-,18+,19-,20-,22-,23-/m0/s1. The summed E-state index contributed by atoms with van der Waals surface area (Å²) in [6, 6.07) is 2.21. The van der Waals surface area contributed by atoms with Gasteiger partial charge in [-0.25, -0.2) is 0 Å². The number of carbonyl (C=O) groups is 2. The Bertz CT molecular complexity index is 753. The number of carbonyl (C=O) groups excluding carboxylic acids is 2. The van der Waals surface area contributed by atoms with Gasteiger partial charge >= 0.3 is 5.97 Å². The summed E-state index contributed by atoms with van der Waals surface area (Å²) in [5, 5.41) is 8.99. The maximum absolute atomic E-state index is 12.8. The van der Waals surface area contributed by atoms with Crippen LogP contribution >= 0.6 is 0 Å². The third-order valence-corrected chi connectivity index (χ3v) is 8.51. The number of hydrogen-bond acceptors (Lipinski definition) is 4. The van der Waals surface area contributed by atoms with Crippen molar-refractivity contribution in [3.05, 3.63) is 11.6 Å². The predicted octanol–water partition coefficient (Wildman–Crippen LogP) is 3.99. The maximum Gasteiger partial charge on any atom is 0.302 e. The summed E-state index contributed by atoms with van der Waals surface area (Å²) in [4.78, 5) is 26.2. The Morgan fingerprint density at radius 3 is 2.79 bits per heavy atom. The molecule has 0 unspecified atom stereocenters. The molecule has 5 nitrogen and oxygen atoms in total. The molecular formula is C23H32N2O3. The Morgan fingerprint density at radius 2 is 2.07 bits per heavy atom. The number of nitriles is 1. The van der Waals surface area contributed by atoms with Crippen molar-refractivity contribution in [1.29, 1.82) is 5.26 Å². The first-order valence-electron chi connectivity index (χ1n) is 10.8. The molecule has 0 radical (unpaired) electrons. The number of hydrogen-bond donors (Lipinski definition) is 0. The zero-order valence-corrected chi connectivity index (χ0v) is 17.4. The maximum atomic E-state index is 12.8. The first-order valence-corrected chi connectivity index (χ1v) is 10.8. The lowest BCUT2D eigenvalue weighted by molar-refractivity contribution is -0.148. The number of allylic oxidation sites excluding steroid dienone is 1. The van der Waals surface area contributed by atoms with E-state index in [-0.39, 0.29) is 28.9 Å². The van der Waals surface area contributed by atoms with Crippen LogP contribution in [-0.2, 0) is 14.3 Å². The van der Waals surface area contributed by atoms with Gasteiger partial charge < -0.3 is 9.64 Å². The lowest BCUT2D eigenvalue weighted by atomic mass is 9.49. The number of fused-ring (bicyclic) bond motifs is 5. The molecule has 1 aliphatic heterocycles. The van der Waals surface area contributed by atoms with Crippen LogP contribution in [0.4, 0.5) is 0 Å². The number of likely N-dealkylation sites (tertiary alicyclic amines) is 1. The quantitative estimate of drug-likeness (QED) is 0.545. The fourth-order valence-corrected chi connectivity index (χ4v) is 7.10. The second-order valence-electron chi connectivity index (χ2n) is 9.79. The van der Waals surface area contributed by atoms with E-state index < -0.39 is 0 Å². The summed E-state index contributed by atoms with van der Waals surface area (Å²) in [6.45, 7) is 6.74. The van der Waals surface area contributed by atoms with Crippen molar-refractivity contribution in [1.82, 2.24) is 4.90 Å². The van der Waals surface area contributed by atoms with Gasteiger partial charge in [0.05, 0.1) is 12.5 Å². The van der Waals surface area contributed by atoms with Crippen LogP contribution in [0, 0.1) is 34.5 Å². The Labute approximate surface area is 168 Å². The van der Waals surface area contributed by atoms with E-state index >= 15 is 0 Å². The van der Waals surface area contributed by atoms with Gasteiger partial charge in [-0.1, -0.05) is 18.6 Å². The molecular weight excluding hydrogens is 352 g/mol. The highest BCUT2D eigenvalue weighted by Crippen LogP contribution is 2.62. The van der Waals surface area contributed by atoms with E-state index in [0.717, 1.165) is 38.5 Å². The monoisotopic (exact) mass is 384 g/mol. The van der Waals surface area contributed by atoms with Crippen molar-refractivity contribution in [3.63, 3.8) is 0 Å². The second kappa shape index (κ2) is 6.90. The van der Waals surface area contributed by atoms with E-state index in [2.05, 4.69) is 26.0 Å². The van der Waals surface area contributed by atoms with Gasteiger partial charge in [0.1, 0.15) is 6.10 Å². The third kappa shape index (κ3) is 2.88. The van der Waals surface area contributed by atoms with Crippen molar-refractivity contribution in [2.24, 2.45) is 23.2 Å². The largest absolute Gasteiger partial charge is 0.462 e. The molecule has 0 bridgehead atoms. The lowest BCUT2D eigenvalue weighted by Crippen LogP contribution is -2.56. The van der Waals surface area contributed by atoms with Crippen molar-refractivity contribution >= 4 is 11.9 Å². The number of ether oxygens (including phenoxy) is 1. The van der Waals surface area contributed by atoms with Crippen LogP contribution in [0.3, 0.4) is 0 Å². The molecule has 4 aliphatic rings. The van der Waals surface area contributed by atoms with E-state index in [1.165, 1.54) is 12.5 Å². The Hall–Kier alpha value is -1.83. The highest BCUT2D eigenvalue weighted by Gasteiger charge is 2.60. The molecule has 0 aromatic heterocycles. The highest BCUT2D eigenvalue weighted by molar-refractivity contribution is 5.80. The number of nitrogens with zero attached hydrogens (tertiary/aromatic N) is 2. The molecule has 3 fully saturated rings. The molecule has 152 valence electrons. The molecule has 3 aliphatic carbocycles. The highest BCUT2D eigenvalue weighted by atomic mass is 16.5. The fraction of sp³-hybridized carbons (Fsp3) is 0.783. The van der Waals surface area contributed by atoms with Crippen molar-refractivity contribution < 1.29 is 14.3 Å². The normalized spacial score (nSPS) is 42.0. The molecule has 1 heterocycles. The first-order chi connectivity index (χ1) is 13.3. The van der Waals surface area contributed by atoms with Gasteiger partial charge in [-0.3, -0.25) is 9.59 Å². The molecule has 1 saturated heterocycles. The van der Waals surface area contributed by atoms with Crippen molar-refractivity contribution in [2.75, 3.05) is 6.54 Å². The zero-order valence-electron chi connectivity index (χ0n) is 17.4. The number of amides is 1. The zero-order chi connectivity index (χ0) is 20.1. The molecule has 2 saturated carbocycles. The SMILES string of the molecule is CC(=O)O[C@H]1CC[C@@]2(C)C(=CC[C@@H]3[C@@H]2CC[C@@]2(C)[C@H]3CC(=O)N2CCC#N)C1. The summed E-state index contributed by atoms with van der Waals surface area (Å²) in [5.74, 6) is 1.58. The summed E-state index contributed by atoms with van der Waals surface area (Å²) >= 11 is 0. The molecule has 0 spiro atoms. The van der Waals surface area contributed by atoms with E-state index in [9.17, 15) is 9.59 Å². The minimum Gasteiger partial charge on any atom is -0.462 e. The van der Waals surface area contributed by atoms with Gasteiger partial charge in [0.15, 0.2) is 0 Å². The van der Waals surface area contributed by atoms with Gasteiger partial charge in [0.2, 0.25) is 5.91 Å². The topological polar surface area (TPSA) is 70.4 Å². The third-order valence-electron chi connectivity index (χ3n) is 8.51. The molecule has 0 N–H and O–H groups in total. The summed E-state index contributed by atoms with van der Waals surface area (Å²) < 4.78 is 5.51. The van der Waals surface area contributed by atoms with Crippen LogP contribution in [0.25, 0.3) is 0 Å². The van der Waals surface area contributed by atoms with Crippen LogP contribution in [-0.4, -0.2) is 35.0 Å². The average molecular weight is 385 g/mol. The second-order valence-corrected chi connectivity index (χ2v) is 9.79. The van der Waals surface area contributed by atoms with Gasteiger partial charge in [0, 0.05) is 31.8 Å². The van der Waals surface area contributed by atoms with Gasteiger partial charge in [-0.05, 0) is 62.2 Å². The van der Waals surface area contributed by atoms with Crippen molar-refractivity contribution in [3.8, 4) is 6.07 Å². The minimum absolute atomic E-state index is 0.0248. The smallest absolute Gasteiger partial charge is 0.302 e. The van der Waals surface area contributed by atoms with Crippen molar-refractivity contribution in [2.45, 2.75) is 83.8 Å². The molecule has 1 amide bonds. The van der Waals surface area contributed by atoms with Gasteiger partial charge in [-0.2, -0.15) is 5.26 Å². The predicted molar refractivity (Wildman–Crippen MR) is 105 cm³/mol. The molecule has 0 aromatic carbocycles. The van der Waals surface area contributed by atoms with Crippen LogP contribution < -0.4 is 0 Å². The fourth-order valence-electron chi connectivity index (χ4n) is 7.10. The van der Waals surface area contributed by atoms with E-state index in [1.54, 1.807) is 0 Å². The molecule has 5 heteroatoms. The Morgan fingerprint density at radius 1 is 1.29 bits per heavy atom. The number of rotatable bonds is 3.